The molecule has 0 saturated heterocycles. The van der Waals surface area contributed by atoms with Crippen molar-refractivity contribution in [2.45, 2.75) is 25.8 Å². The van der Waals surface area contributed by atoms with Crippen molar-refractivity contribution < 1.29 is 15.0 Å². The molecule has 0 aromatic heterocycles. The number of nitrogens with one attached hydrogen (secondary N) is 1. The van der Waals surface area contributed by atoms with Crippen LogP contribution in [-0.4, -0.2) is 22.2 Å². The minimum Gasteiger partial charge on any atom is -0.508 e. The van der Waals surface area contributed by atoms with Gasteiger partial charge in [-0.15, -0.1) is 0 Å². The Bertz CT molecular complexity index is 608. The van der Waals surface area contributed by atoms with Crippen LogP contribution in [-0.2, 0) is 6.42 Å². The van der Waals surface area contributed by atoms with Gasteiger partial charge in [-0.1, -0.05) is 18.2 Å². The Labute approximate surface area is 124 Å². The number of aromatic hydroxyl groups is 1. The maximum Gasteiger partial charge on any atom is 0.335 e. The number of rotatable bonds is 6. The lowest BCUT2D eigenvalue weighted by atomic mass is 10.1. The minimum absolute atomic E-state index is 0.225. The molecule has 2 rings (SSSR count). The number of carboxylic acid groups (broad SMARTS) is 1. The van der Waals surface area contributed by atoms with Crippen LogP contribution in [0.1, 0.15) is 29.3 Å². The molecule has 0 radical (unpaired) electrons. The molecule has 0 aliphatic carbocycles. The SMILES string of the molecule is CC(CCc1ccc(O)cc1)Nc1cccc(C(=O)O)c1. The summed E-state index contributed by atoms with van der Waals surface area (Å²) in [6, 6.07) is 14.2. The van der Waals surface area contributed by atoms with Crippen molar-refractivity contribution in [3.8, 4) is 5.75 Å². The highest BCUT2D eigenvalue weighted by molar-refractivity contribution is 5.88. The fourth-order valence-corrected chi connectivity index (χ4v) is 2.14. The van der Waals surface area contributed by atoms with Gasteiger partial charge in [-0.2, -0.15) is 0 Å². The standard InChI is InChI=1S/C17H19NO3/c1-12(5-6-13-7-9-16(19)10-8-13)18-15-4-2-3-14(11-15)17(20)21/h2-4,7-12,18-19H,5-6H2,1H3,(H,20,21). The number of aromatic carboxylic acids is 1. The van der Waals surface area contributed by atoms with Gasteiger partial charge in [0.2, 0.25) is 0 Å². The zero-order valence-electron chi connectivity index (χ0n) is 11.9. The maximum atomic E-state index is 10.9. The summed E-state index contributed by atoms with van der Waals surface area (Å²) in [6.07, 6.45) is 1.81. The largest absolute Gasteiger partial charge is 0.508 e. The molecule has 0 aliphatic rings. The molecule has 3 N–H and O–H groups in total. The molecule has 0 heterocycles. The van der Waals surface area contributed by atoms with E-state index in [1.165, 1.54) is 5.56 Å². The zero-order chi connectivity index (χ0) is 15.2. The fraction of sp³-hybridized carbons (Fsp3) is 0.235. The van der Waals surface area contributed by atoms with Crippen LogP contribution in [0.5, 0.6) is 5.75 Å². The van der Waals surface area contributed by atoms with Crippen LogP contribution in [0.3, 0.4) is 0 Å². The van der Waals surface area contributed by atoms with Crippen molar-refractivity contribution in [2.75, 3.05) is 5.32 Å². The molecule has 0 fully saturated rings. The van der Waals surface area contributed by atoms with E-state index in [1.807, 2.05) is 18.2 Å². The van der Waals surface area contributed by atoms with Gasteiger partial charge in [-0.05, 0) is 55.7 Å². The van der Waals surface area contributed by atoms with E-state index in [1.54, 1.807) is 30.3 Å². The van der Waals surface area contributed by atoms with Gasteiger partial charge in [-0.3, -0.25) is 0 Å². The third-order valence-corrected chi connectivity index (χ3v) is 3.32. The number of hydrogen-bond donors (Lipinski definition) is 3. The average molecular weight is 285 g/mol. The summed E-state index contributed by atoms with van der Waals surface area (Å²) in [6.45, 7) is 2.06. The molecule has 110 valence electrons. The van der Waals surface area contributed by atoms with Crippen LogP contribution in [0.25, 0.3) is 0 Å². The van der Waals surface area contributed by atoms with E-state index in [-0.39, 0.29) is 17.4 Å². The van der Waals surface area contributed by atoms with Crippen LogP contribution < -0.4 is 5.32 Å². The van der Waals surface area contributed by atoms with Gasteiger partial charge in [0.05, 0.1) is 5.56 Å². The molecular weight excluding hydrogens is 266 g/mol. The van der Waals surface area contributed by atoms with Crippen molar-refractivity contribution in [1.29, 1.82) is 0 Å². The van der Waals surface area contributed by atoms with Gasteiger partial charge in [-0.25, -0.2) is 4.79 Å². The molecule has 0 bridgehead atoms. The Hall–Kier alpha value is -2.49. The Morgan fingerprint density at radius 1 is 1.19 bits per heavy atom. The topological polar surface area (TPSA) is 69.6 Å². The van der Waals surface area contributed by atoms with Crippen LogP contribution in [0.15, 0.2) is 48.5 Å². The molecule has 21 heavy (non-hydrogen) atoms. The molecule has 4 nitrogen and oxygen atoms in total. The number of carbonyl (C=O) groups is 1. The second-order valence-electron chi connectivity index (χ2n) is 5.14. The van der Waals surface area contributed by atoms with Gasteiger partial charge >= 0.3 is 5.97 Å². The smallest absolute Gasteiger partial charge is 0.335 e. The summed E-state index contributed by atoms with van der Waals surface area (Å²) in [5, 5.41) is 21.5. The summed E-state index contributed by atoms with van der Waals surface area (Å²) in [4.78, 5) is 10.9. The maximum absolute atomic E-state index is 10.9. The predicted octanol–water partition coefficient (Wildman–Crippen LogP) is 3.52. The summed E-state index contributed by atoms with van der Waals surface area (Å²) in [5.41, 5.74) is 2.26. The normalized spacial score (nSPS) is 11.9. The Morgan fingerprint density at radius 2 is 1.90 bits per heavy atom. The summed E-state index contributed by atoms with van der Waals surface area (Å²) < 4.78 is 0. The molecule has 2 aromatic carbocycles. The Balaban J connectivity index is 1.89. The molecule has 2 aromatic rings. The number of phenolic OH excluding ortho intramolecular Hbond substituents is 1. The number of phenols is 1. The first-order valence-electron chi connectivity index (χ1n) is 6.92. The molecule has 0 amide bonds. The molecule has 1 unspecified atom stereocenters. The monoisotopic (exact) mass is 285 g/mol. The van der Waals surface area contributed by atoms with Crippen molar-refractivity contribution in [3.63, 3.8) is 0 Å². The number of anilines is 1. The van der Waals surface area contributed by atoms with Gasteiger partial charge in [0.1, 0.15) is 5.75 Å². The number of carboxylic acids is 1. The van der Waals surface area contributed by atoms with Crippen molar-refractivity contribution >= 4 is 11.7 Å². The van der Waals surface area contributed by atoms with E-state index in [4.69, 9.17) is 5.11 Å². The summed E-state index contributed by atoms with van der Waals surface area (Å²) in [5.74, 6) is -0.647. The molecule has 4 heteroatoms. The number of benzene rings is 2. The average Bonchev–Trinajstić information content (AvgIpc) is 2.47. The lowest BCUT2D eigenvalue weighted by molar-refractivity contribution is 0.0697. The highest BCUT2D eigenvalue weighted by Gasteiger charge is 2.06. The summed E-state index contributed by atoms with van der Waals surface area (Å²) >= 11 is 0. The third-order valence-electron chi connectivity index (χ3n) is 3.32. The predicted molar refractivity (Wildman–Crippen MR) is 82.9 cm³/mol. The highest BCUT2D eigenvalue weighted by atomic mass is 16.4. The number of aryl methyl sites for hydroxylation is 1. The van der Waals surface area contributed by atoms with Crippen LogP contribution in [0, 0.1) is 0 Å². The zero-order valence-corrected chi connectivity index (χ0v) is 11.9. The fourth-order valence-electron chi connectivity index (χ4n) is 2.14. The molecular formula is C17H19NO3. The van der Waals surface area contributed by atoms with Crippen molar-refractivity contribution in [1.82, 2.24) is 0 Å². The van der Waals surface area contributed by atoms with E-state index in [2.05, 4.69) is 12.2 Å². The Kier molecular flexibility index (Phi) is 4.82. The molecule has 0 saturated carbocycles. The quantitative estimate of drug-likeness (QED) is 0.759. The van der Waals surface area contributed by atoms with E-state index >= 15 is 0 Å². The number of hydrogen-bond acceptors (Lipinski definition) is 3. The van der Waals surface area contributed by atoms with Crippen LogP contribution in [0.4, 0.5) is 5.69 Å². The second-order valence-corrected chi connectivity index (χ2v) is 5.14. The van der Waals surface area contributed by atoms with Gasteiger partial charge in [0, 0.05) is 11.7 Å². The van der Waals surface area contributed by atoms with E-state index in [9.17, 15) is 9.90 Å². The van der Waals surface area contributed by atoms with Gasteiger partial charge in [0.15, 0.2) is 0 Å². The second kappa shape index (κ2) is 6.79. The van der Waals surface area contributed by atoms with Crippen LogP contribution >= 0.6 is 0 Å². The molecule has 1 atom stereocenters. The van der Waals surface area contributed by atoms with Crippen molar-refractivity contribution in [3.05, 3.63) is 59.7 Å². The lowest BCUT2D eigenvalue weighted by Gasteiger charge is -2.15. The molecule has 0 aliphatic heterocycles. The third kappa shape index (κ3) is 4.53. The lowest BCUT2D eigenvalue weighted by Crippen LogP contribution is -2.16. The Morgan fingerprint density at radius 3 is 2.57 bits per heavy atom. The first-order valence-corrected chi connectivity index (χ1v) is 6.92. The first-order chi connectivity index (χ1) is 10.0. The van der Waals surface area contributed by atoms with Gasteiger partial charge in [0.25, 0.3) is 0 Å². The van der Waals surface area contributed by atoms with E-state index < -0.39 is 5.97 Å². The van der Waals surface area contributed by atoms with E-state index in [0.29, 0.717) is 0 Å². The van der Waals surface area contributed by atoms with Crippen LogP contribution in [0.2, 0.25) is 0 Å². The summed E-state index contributed by atoms with van der Waals surface area (Å²) in [7, 11) is 0. The van der Waals surface area contributed by atoms with E-state index in [0.717, 1.165) is 18.5 Å². The van der Waals surface area contributed by atoms with Gasteiger partial charge < -0.3 is 15.5 Å². The first kappa shape index (κ1) is 14.9. The molecule has 0 spiro atoms. The minimum atomic E-state index is -0.921. The highest BCUT2D eigenvalue weighted by Crippen LogP contribution is 2.15. The van der Waals surface area contributed by atoms with Crippen molar-refractivity contribution in [2.24, 2.45) is 0 Å².